The van der Waals surface area contributed by atoms with E-state index in [0.717, 1.165) is 16.8 Å². The van der Waals surface area contributed by atoms with Crippen LogP contribution in [-0.2, 0) is 11.3 Å². The van der Waals surface area contributed by atoms with Gasteiger partial charge in [0.05, 0.1) is 41.2 Å². The van der Waals surface area contributed by atoms with Gasteiger partial charge in [0.2, 0.25) is 0 Å². The number of aromatic nitrogens is 1. The first-order valence-electron chi connectivity index (χ1n) is 8.46. The molecular weight excluding hydrogens is 335 g/mol. The van der Waals surface area contributed by atoms with E-state index in [0.29, 0.717) is 23.6 Å². The Labute approximate surface area is 150 Å². The maximum absolute atomic E-state index is 13.1. The van der Waals surface area contributed by atoms with Crippen molar-refractivity contribution < 1.29 is 13.7 Å². The molecule has 7 heteroatoms. The molecule has 0 saturated carbocycles. The van der Waals surface area contributed by atoms with Crippen LogP contribution < -0.4 is 5.32 Å². The molecule has 2 aliphatic rings. The molecule has 2 aliphatic heterocycles. The molecule has 0 spiro atoms. The molecule has 2 unspecified atom stereocenters. The molecule has 26 heavy (non-hydrogen) atoms. The Morgan fingerprint density at radius 3 is 2.62 bits per heavy atom. The molecule has 1 aromatic heterocycles. The summed E-state index contributed by atoms with van der Waals surface area (Å²) < 4.78 is 18.4. The number of amides is 1. The number of fused-ring (bicyclic) bond motifs is 1. The lowest BCUT2D eigenvalue weighted by Crippen LogP contribution is -2.51. The zero-order valence-corrected chi connectivity index (χ0v) is 14.8. The van der Waals surface area contributed by atoms with E-state index < -0.39 is 0 Å². The summed E-state index contributed by atoms with van der Waals surface area (Å²) in [5.74, 6) is 0.195. The van der Waals surface area contributed by atoms with Crippen molar-refractivity contribution in [3.63, 3.8) is 0 Å². The van der Waals surface area contributed by atoms with Gasteiger partial charge in [-0.3, -0.25) is 9.80 Å². The number of carbonyl (C=O) groups is 1. The van der Waals surface area contributed by atoms with Gasteiger partial charge >= 0.3 is 0 Å². The number of hydrogen-bond donors (Lipinski definition) is 1. The second kappa shape index (κ2) is 6.09. The fourth-order valence-corrected chi connectivity index (χ4v) is 3.57. The van der Waals surface area contributed by atoms with Crippen molar-refractivity contribution in [2.45, 2.75) is 39.4 Å². The van der Waals surface area contributed by atoms with Gasteiger partial charge in [0, 0.05) is 0 Å². The fraction of sp³-hybridized carbons (Fsp3) is 0.316. The van der Waals surface area contributed by atoms with Crippen molar-refractivity contribution in [1.82, 2.24) is 15.5 Å². The number of nitrogens with one attached hydrogen (secondary N) is 1. The maximum Gasteiger partial charge on any atom is 0.252 e. The topological polar surface area (TPSA) is 70.7 Å². The standard InChI is InChI=1S/C19H19FN4O2/c1-10-17(12(3)26-23-10)15-8-16-18(21-19(15)25)11(2)22-24(16)9-13-4-6-14(20)7-5-13/h4-8,16,18H,9H2,1-3H3,(H,21,25). The van der Waals surface area contributed by atoms with E-state index in [4.69, 9.17) is 4.52 Å². The van der Waals surface area contributed by atoms with Crippen LogP contribution in [0.2, 0.25) is 0 Å². The Kier molecular flexibility index (Phi) is 3.86. The number of nitrogens with zero attached hydrogens (tertiary/aromatic N) is 3. The van der Waals surface area contributed by atoms with Gasteiger partial charge in [-0.15, -0.1) is 0 Å². The van der Waals surface area contributed by atoms with Gasteiger partial charge in [-0.05, 0) is 44.5 Å². The molecule has 0 bridgehead atoms. The number of rotatable bonds is 3. The Morgan fingerprint density at radius 1 is 1.23 bits per heavy atom. The minimum atomic E-state index is -0.266. The predicted molar refractivity (Wildman–Crippen MR) is 94.7 cm³/mol. The third-order valence-corrected chi connectivity index (χ3v) is 4.85. The highest BCUT2D eigenvalue weighted by molar-refractivity contribution is 6.22. The summed E-state index contributed by atoms with van der Waals surface area (Å²) in [5.41, 5.74) is 3.76. The second-order valence-corrected chi connectivity index (χ2v) is 6.69. The average molecular weight is 354 g/mol. The van der Waals surface area contributed by atoms with Crippen molar-refractivity contribution in [1.29, 1.82) is 0 Å². The predicted octanol–water partition coefficient (Wildman–Crippen LogP) is 2.57. The molecule has 1 N–H and O–H groups in total. The lowest BCUT2D eigenvalue weighted by molar-refractivity contribution is -0.116. The van der Waals surface area contributed by atoms with Crippen LogP contribution in [-0.4, -0.2) is 33.9 Å². The number of halogens is 1. The van der Waals surface area contributed by atoms with E-state index in [9.17, 15) is 9.18 Å². The summed E-state index contributed by atoms with van der Waals surface area (Å²) in [7, 11) is 0. The van der Waals surface area contributed by atoms with Gasteiger partial charge in [-0.25, -0.2) is 4.39 Å². The molecular formula is C19H19FN4O2. The third-order valence-electron chi connectivity index (χ3n) is 4.85. The van der Waals surface area contributed by atoms with Gasteiger partial charge < -0.3 is 9.84 Å². The SMILES string of the molecule is CC1=NN(Cc2ccc(F)cc2)C2C=C(c3c(C)noc3C)C(=O)NC12. The highest BCUT2D eigenvalue weighted by Crippen LogP contribution is 2.31. The minimum absolute atomic E-state index is 0.110. The Morgan fingerprint density at radius 2 is 1.96 bits per heavy atom. The first kappa shape index (κ1) is 16.5. The van der Waals surface area contributed by atoms with Crippen LogP contribution in [0.1, 0.15) is 29.5 Å². The van der Waals surface area contributed by atoms with E-state index >= 15 is 0 Å². The zero-order valence-electron chi connectivity index (χ0n) is 14.8. The molecule has 1 aromatic carbocycles. The quantitative estimate of drug-likeness (QED) is 0.920. The first-order valence-corrected chi connectivity index (χ1v) is 8.46. The summed E-state index contributed by atoms with van der Waals surface area (Å²) in [6.45, 7) is 6.04. The molecule has 6 nitrogen and oxygen atoms in total. The van der Waals surface area contributed by atoms with Crippen molar-refractivity contribution in [3.05, 3.63) is 58.7 Å². The van der Waals surface area contributed by atoms with Crippen LogP contribution in [0.25, 0.3) is 5.57 Å². The van der Waals surface area contributed by atoms with Crippen LogP contribution in [0.5, 0.6) is 0 Å². The van der Waals surface area contributed by atoms with E-state index in [1.165, 1.54) is 12.1 Å². The third kappa shape index (κ3) is 2.69. The molecule has 1 amide bonds. The van der Waals surface area contributed by atoms with Gasteiger partial charge in [0.25, 0.3) is 5.91 Å². The molecule has 0 saturated heterocycles. The number of aryl methyl sites for hydroxylation is 2. The monoisotopic (exact) mass is 354 g/mol. The molecule has 4 rings (SSSR count). The average Bonchev–Trinajstić information content (AvgIpc) is 3.09. The van der Waals surface area contributed by atoms with Crippen LogP contribution in [0, 0.1) is 19.7 Å². The van der Waals surface area contributed by atoms with Gasteiger partial charge in [0.1, 0.15) is 11.6 Å². The first-order chi connectivity index (χ1) is 12.4. The highest BCUT2D eigenvalue weighted by atomic mass is 19.1. The molecule has 2 aromatic rings. The number of benzene rings is 1. The molecule has 134 valence electrons. The van der Waals surface area contributed by atoms with Crippen molar-refractivity contribution in [2.24, 2.45) is 5.10 Å². The van der Waals surface area contributed by atoms with E-state index in [2.05, 4.69) is 15.6 Å². The molecule has 0 fully saturated rings. The smallest absolute Gasteiger partial charge is 0.252 e. The lowest BCUT2D eigenvalue weighted by Gasteiger charge is -2.30. The molecule has 0 aliphatic carbocycles. The Balaban J connectivity index is 1.68. The normalized spacial score (nSPS) is 22.0. The van der Waals surface area contributed by atoms with Crippen LogP contribution in [0.3, 0.4) is 0 Å². The van der Waals surface area contributed by atoms with Crippen molar-refractivity contribution >= 4 is 17.2 Å². The Bertz CT molecular complexity index is 910. The molecule has 3 heterocycles. The van der Waals surface area contributed by atoms with Gasteiger partial charge in [0.15, 0.2) is 0 Å². The minimum Gasteiger partial charge on any atom is -0.361 e. The lowest BCUT2D eigenvalue weighted by atomic mass is 9.92. The Hall–Kier alpha value is -2.96. The van der Waals surface area contributed by atoms with Crippen molar-refractivity contribution in [3.8, 4) is 0 Å². The molecule has 0 radical (unpaired) electrons. The maximum atomic E-state index is 13.1. The van der Waals surface area contributed by atoms with E-state index in [1.54, 1.807) is 19.1 Å². The largest absolute Gasteiger partial charge is 0.361 e. The van der Waals surface area contributed by atoms with E-state index in [-0.39, 0.29) is 23.8 Å². The van der Waals surface area contributed by atoms with Gasteiger partial charge in [-0.2, -0.15) is 5.10 Å². The zero-order chi connectivity index (χ0) is 18.4. The summed E-state index contributed by atoms with van der Waals surface area (Å²) in [5, 5.41) is 13.5. The second-order valence-electron chi connectivity index (χ2n) is 6.69. The van der Waals surface area contributed by atoms with Crippen LogP contribution >= 0.6 is 0 Å². The van der Waals surface area contributed by atoms with Crippen LogP contribution in [0.15, 0.2) is 40.0 Å². The number of carbonyl (C=O) groups excluding carboxylic acids is 1. The number of hydrogen-bond acceptors (Lipinski definition) is 5. The summed E-state index contributed by atoms with van der Waals surface area (Å²) in [4.78, 5) is 12.6. The summed E-state index contributed by atoms with van der Waals surface area (Å²) >= 11 is 0. The summed E-state index contributed by atoms with van der Waals surface area (Å²) in [6.07, 6.45) is 1.93. The van der Waals surface area contributed by atoms with Crippen LogP contribution in [0.4, 0.5) is 4.39 Å². The molecule has 2 atom stereocenters. The van der Waals surface area contributed by atoms with Crippen molar-refractivity contribution in [2.75, 3.05) is 0 Å². The highest BCUT2D eigenvalue weighted by Gasteiger charge is 2.40. The van der Waals surface area contributed by atoms with Gasteiger partial charge in [-0.1, -0.05) is 17.3 Å². The fourth-order valence-electron chi connectivity index (χ4n) is 3.57. The van der Waals surface area contributed by atoms with E-state index in [1.807, 2.05) is 24.9 Å². The summed E-state index contributed by atoms with van der Waals surface area (Å²) in [6, 6.07) is 6.08. The number of hydrazone groups is 1.